The zero-order valence-corrected chi connectivity index (χ0v) is 17.8. The first-order valence-corrected chi connectivity index (χ1v) is 10.4. The number of hydrogen-bond donors (Lipinski definition) is 2. The predicted molar refractivity (Wildman–Crippen MR) is 118 cm³/mol. The topological polar surface area (TPSA) is 83.7 Å². The van der Waals surface area contributed by atoms with Crippen molar-refractivity contribution < 1.29 is 19.1 Å². The van der Waals surface area contributed by atoms with E-state index in [-0.39, 0.29) is 17.7 Å². The lowest BCUT2D eigenvalue weighted by molar-refractivity contribution is -0.126. The number of nitrogens with zero attached hydrogens (tertiary/aromatic N) is 1. The highest BCUT2D eigenvalue weighted by atomic mass is 16.5. The van der Waals surface area contributed by atoms with Crippen LogP contribution in [0.3, 0.4) is 0 Å². The third-order valence-corrected chi connectivity index (χ3v) is 5.75. The van der Waals surface area contributed by atoms with Crippen LogP contribution in [-0.2, 0) is 11.3 Å². The van der Waals surface area contributed by atoms with Crippen molar-refractivity contribution in [2.24, 2.45) is 5.92 Å². The molecule has 1 aliphatic rings. The van der Waals surface area contributed by atoms with Crippen molar-refractivity contribution in [2.75, 3.05) is 27.3 Å². The van der Waals surface area contributed by atoms with Gasteiger partial charge >= 0.3 is 0 Å². The number of carbonyl (C=O) groups excluding carboxylic acids is 2. The molecule has 3 aromatic rings. The highest BCUT2D eigenvalue weighted by Gasteiger charge is 2.29. The normalized spacial score (nSPS) is 16.2. The summed E-state index contributed by atoms with van der Waals surface area (Å²) in [5.41, 5.74) is 2.42. The standard InChI is InChI=1S/C24H27N3O4/c1-30-21-10-9-16(12-22(21)31-2)14-25-23(28)18-7-5-11-27(15-18)24(29)20-13-17-6-3-4-8-19(17)26-20/h3-4,6,8-10,12-13,18,26H,5,7,11,14-15H2,1-2H3,(H,25,28). The molecule has 1 saturated heterocycles. The molecule has 1 atom stereocenters. The second-order valence-electron chi connectivity index (χ2n) is 7.77. The summed E-state index contributed by atoms with van der Waals surface area (Å²) in [7, 11) is 3.17. The Morgan fingerprint density at radius 3 is 2.68 bits per heavy atom. The fourth-order valence-electron chi connectivity index (χ4n) is 4.06. The average molecular weight is 421 g/mol. The quantitative estimate of drug-likeness (QED) is 0.639. The number of carbonyl (C=O) groups is 2. The third kappa shape index (κ3) is 4.50. The van der Waals surface area contributed by atoms with Gasteiger partial charge in [-0.3, -0.25) is 9.59 Å². The molecule has 31 heavy (non-hydrogen) atoms. The molecule has 7 heteroatoms. The van der Waals surface area contributed by atoms with Crippen molar-refractivity contribution in [2.45, 2.75) is 19.4 Å². The van der Waals surface area contributed by atoms with Gasteiger partial charge < -0.3 is 24.7 Å². The second kappa shape index (κ2) is 9.12. The molecule has 1 unspecified atom stereocenters. The van der Waals surface area contributed by atoms with E-state index in [1.54, 1.807) is 19.1 Å². The van der Waals surface area contributed by atoms with Gasteiger partial charge in [-0.1, -0.05) is 24.3 Å². The number of likely N-dealkylation sites (tertiary alicyclic amines) is 1. The van der Waals surface area contributed by atoms with Gasteiger partial charge in [0, 0.05) is 30.5 Å². The largest absolute Gasteiger partial charge is 0.493 e. The number of nitrogens with one attached hydrogen (secondary N) is 2. The lowest BCUT2D eigenvalue weighted by Gasteiger charge is -2.31. The zero-order chi connectivity index (χ0) is 21.8. The van der Waals surface area contributed by atoms with E-state index in [1.165, 1.54) is 0 Å². The Morgan fingerprint density at radius 2 is 1.90 bits per heavy atom. The van der Waals surface area contributed by atoms with E-state index in [4.69, 9.17) is 9.47 Å². The van der Waals surface area contributed by atoms with Crippen molar-refractivity contribution in [1.82, 2.24) is 15.2 Å². The number of hydrogen-bond acceptors (Lipinski definition) is 4. The van der Waals surface area contributed by atoms with Crippen LogP contribution in [0.1, 0.15) is 28.9 Å². The minimum Gasteiger partial charge on any atom is -0.493 e. The minimum atomic E-state index is -0.220. The number of ether oxygens (including phenoxy) is 2. The fraction of sp³-hybridized carbons (Fsp3) is 0.333. The number of rotatable bonds is 6. The number of fused-ring (bicyclic) bond motifs is 1. The molecule has 162 valence electrons. The Kier molecular flexibility index (Phi) is 6.11. The van der Waals surface area contributed by atoms with E-state index in [2.05, 4.69) is 10.3 Å². The smallest absolute Gasteiger partial charge is 0.270 e. The third-order valence-electron chi connectivity index (χ3n) is 5.75. The van der Waals surface area contributed by atoms with Gasteiger partial charge in [0.1, 0.15) is 5.69 Å². The predicted octanol–water partition coefficient (Wildman–Crippen LogP) is 3.35. The summed E-state index contributed by atoms with van der Waals surface area (Å²) in [6, 6.07) is 15.3. The number of methoxy groups -OCH3 is 2. The molecular weight excluding hydrogens is 394 g/mol. The van der Waals surface area contributed by atoms with Crippen LogP contribution in [0.2, 0.25) is 0 Å². The Morgan fingerprint density at radius 1 is 1.10 bits per heavy atom. The molecule has 1 aliphatic heterocycles. The van der Waals surface area contributed by atoms with E-state index in [9.17, 15) is 9.59 Å². The molecule has 2 heterocycles. The van der Waals surface area contributed by atoms with Crippen LogP contribution in [0.15, 0.2) is 48.5 Å². The van der Waals surface area contributed by atoms with Gasteiger partial charge in [0.25, 0.3) is 5.91 Å². The monoisotopic (exact) mass is 421 g/mol. The number of aromatic amines is 1. The molecule has 1 aromatic heterocycles. The fourth-order valence-corrected chi connectivity index (χ4v) is 4.06. The number of amides is 2. The van der Waals surface area contributed by atoms with Crippen molar-refractivity contribution in [3.05, 3.63) is 59.8 Å². The Hall–Kier alpha value is -3.48. The number of H-pyrrole nitrogens is 1. The van der Waals surface area contributed by atoms with Crippen LogP contribution in [-0.4, -0.2) is 49.0 Å². The Bertz CT molecular complexity index is 1060. The van der Waals surface area contributed by atoms with Gasteiger partial charge in [0.05, 0.1) is 20.1 Å². The molecule has 0 saturated carbocycles. The summed E-state index contributed by atoms with van der Waals surface area (Å²) < 4.78 is 10.6. The highest BCUT2D eigenvalue weighted by molar-refractivity contribution is 5.98. The van der Waals surface area contributed by atoms with Crippen LogP contribution in [0.25, 0.3) is 10.9 Å². The van der Waals surface area contributed by atoms with Gasteiger partial charge in [0.15, 0.2) is 11.5 Å². The van der Waals surface area contributed by atoms with E-state index >= 15 is 0 Å². The summed E-state index contributed by atoms with van der Waals surface area (Å²) in [5, 5.41) is 4.00. The maximum atomic E-state index is 13.0. The van der Waals surface area contributed by atoms with E-state index in [0.29, 0.717) is 36.8 Å². The lowest BCUT2D eigenvalue weighted by atomic mass is 9.96. The molecular formula is C24H27N3O4. The molecule has 0 bridgehead atoms. The van der Waals surface area contributed by atoms with Crippen molar-refractivity contribution in [1.29, 1.82) is 0 Å². The van der Waals surface area contributed by atoms with Crippen molar-refractivity contribution in [3.8, 4) is 11.5 Å². The van der Waals surface area contributed by atoms with Gasteiger partial charge in [-0.25, -0.2) is 0 Å². The van der Waals surface area contributed by atoms with Crippen LogP contribution < -0.4 is 14.8 Å². The molecule has 2 amide bonds. The summed E-state index contributed by atoms with van der Waals surface area (Å²) in [4.78, 5) is 30.7. The van der Waals surface area contributed by atoms with E-state index in [0.717, 1.165) is 29.3 Å². The average Bonchev–Trinajstić information content (AvgIpc) is 3.26. The molecule has 0 radical (unpaired) electrons. The van der Waals surface area contributed by atoms with E-state index < -0.39 is 0 Å². The first-order chi connectivity index (χ1) is 15.1. The van der Waals surface area contributed by atoms with Gasteiger partial charge in [-0.15, -0.1) is 0 Å². The number of benzene rings is 2. The molecule has 7 nitrogen and oxygen atoms in total. The maximum Gasteiger partial charge on any atom is 0.270 e. The van der Waals surface area contributed by atoms with Crippen LogP contribution in [0.5, 0.6) is 11.5 Å². The van der Waals surface area contributed by atoms with Gasteiger partial charge in [-0.2, -0.15) is 0 Å². The summed E-state index contributed by atoms with van der Waals surface area (Å²) in [6.45, 7) is 1.48. The SMILES string of the molecule is COc1ccc(CNC(=O)C2CCCN(C(=O)c3cc4ccccc4[nH]3)C2)cc1OC. The highest BCUT2D eigenvalue weighted by Crippen LogP contribution is 2.27. The summed E-state index contributed by atoms with van der Waals surface area (Å²) in [6.07, 6.45) is 1.58. The number of aromatic nitrogens is 1. The molecule has 2 aromatic carbocycles. The summed E-state index contributed by atoms with van der Waals surface area (Å²) >= 11 is 0. The van der Waals surface area contributed by atoms with Crippen molar-refractivity contribution >= 4 is 22.7 Å². The van der Waals surface area contributed by atoms with Gasteiger partial charge in [0.2, 0.25) is 5.91 Å². The van der Waals surface area contributed by atoms with Crippen LogP contribution in [0, 0.1) is 5.92 Å². The first kappa shape index (κ1) is 20.8. The van der Waals surface area contributed by atoms with E-state index in [1.807, 2.05) is 48.5 Å². The summed E-state index contributed by atoms with van der Waals surface area (Å²) in [5.74, 6) is 0.956. The second-order valence-corrected chi connectivity index (χ2v) is 7.77. The Balaban J connectivity index is 1.37. The molecule has 2 N–H and O–H groups in total. The number of piperidine rings is 1. The number of para-hydroxylation sites is 1. The Labute approximate surface area is 181 Å². The maximum absolute atomic E-state index is 13.0. The first-order valence-electron chi connectivity index (χ1n) is 10.4. The molecule has 0 aliphatic carbocycles. The molecule has 1 fully saturated rings. The molecule has 0 spiro atoms. The molecule has 4 rings (SSSR count). The van der Waals surface area contributed by atoms with Crippen LogP contribution in [0.4, 0.5) is 0 Å². The van der Waals surface area contributed by atoms with Gasteiger partial charge in [-0.05, 0) is 42.7 Å². The minimum absolute atomic E-state index is 0.0380. The zero-order valence-electron chi connectivity index (χ0n) is 17.8. The van der Waals surface area contributed by atoms with Crippen LogP contribution >= 0.6 is 0 Å². The lowest BCUT2D eigenvalue weighted by Crippen LogP contribution is -2.45. The van der Waals surface area contributed by atoms with Crippen molar-refractivity contribution in [3.63, 3.8) is 0 Å².